The maximum absolute atomic E-state index is 10.7. The summed E-state index contributed by atoms with van der Waals surface area (Å²) in [5.74, 6) is 0. The molecule has 94 valence electrons. The van der Waals surface area contributed by atoms with Gasteiger partial charge in [-0.25, -0.2) is 0 Å². The van der Waals surface area contributed by atoms with E-state index in [0.29, 0.717) is 6.42 Å². The molecule has 1 unspecified atom stereocenters. The highest BCUT2D eigenvalue weighted by molar-refractivity contribution is 9.10. The third kappa shape index (κ3) is 2.82. The van der Waals surface area contributed by atoms with Crippen molar-refractivity contribution in [2.45, 2.75) is 25.9 Å². The van der Waals surface area contributed by atoms with Crippen LogP contribution in [0.5, 0.6) is 0 Å². The van der Waals surface area contributed by atoms with Crippen molar-refractivity contribution in [2.24, 2.45) is 0 Å². The summed E-state index contributed by atoms with van der Waals surface area (Å²) < 4.78 is 0.948. The summed E-state index contributed by atoms with van der Waals surface area (Å²) in [5.41, 5.74) is 2.45. The molecule has 0 amide bonds. The fourth-order valence-electron chi connectivity index (χ4n) is 2.17. The van der Waals surface area contributed by atoms with Gasteiger partial charge in [0.15, 0.2) is 0 Å². The van der Waals surface area contributed by atoms with Gasteiger partial charge in [-0.15, -0.1) is 0 Å². The van der Waals surface area contributed by atoms with E-state index in [1.165, 1.54) is 11.1 Å². The summed E-state index contributed by atoms with van der Waals surface area (Å²) in [6.45, 7) is 3.94. The summed E-state index contributed by atoms with van der Waals surface area (Å²) in [5, 5.41) is 10.7. The summed E-state index contributed by atoms with van der Waals surface area (Å²) in [7, 11) is 0. The molecule has 0 saturated heterocycles. The Morgan fingerprint density at radius 1 is 1.06 bits per heavy atom. The monoisotopic (exact) mass is 304 g/mol. The van der Waals surface area contributed by atoms with Gasteiger partial charge >= 0.3 is 0 Å². The average Bonchev–Trinajstić information content (AvgIpc) is 2.32. The minimum atomic E-state index is -0.869. The molecule has 0 heterocycles. The first-order valence-corrected chi connectivity index (χ1v) is 6.82. The van der Waals surface area contributed by atoms with Gasteiger partial charge in [0, 0.05) is 10.9 Å². The van der Waals surface area contributed by atoms with Gasteiger partial charge in [0.1, 0.15) is 0 Å². The van der Waals surface area contributed by atoms with Crippen LogP contribution >= 0.6 is 15.9 Å². The number of halogens is 1. The maximum atomic E-state index is 10.7. The second-order valence-electron chi connectivity index (χ2n) is 4.86. The van der Waals surface area contributed by atoms with E-state index in [0.717, 1.165) is 10.0 Å². The Hall–Kier alpha value is -1.12. The molecule has 0 spiro atoms. The molecule has 0 aromatic heterocycles. The maximum Gasteiger partial charge on any atom is 0.0919 e. The van der Waals surface area contributed by atoms with Crippen LogP contribution in [0, 0.1) is 6.92 Å². The first-order chi connectivity index (χ1) is 8.50. The third-order valence-corrected chi connectivity index (χ3v) is 3.94. The minimum Gasteiger partial charge on any atom is -0.385 e. The normalized spacial score (nSPS) is 14.2. The van der Waals surface area contributed by atoms with E-state index in [1.807, 2.05) is 43.3 Å². The molecule has 18 heavy (non-hydrogen) atoms. The quantitative estimate of drug-likeness (QED) is 0.900. The van der Waals surface area contributed by atoms with Gasteiger partial charge < -0.3 is 5.11 Å². The van der Waals surface area contributed by atoms with Crippen LogP contribution in [0.3, 0.4) is 0 Å². The zero-order valence-corrected chi connectivity index (χ0v) is 12.2. The van der Waals surface area contributed by atoms with E-state index in [4.69, 9.17) is 0 Å². The number of aliphatic hydroxyl groups is 1. The predicted molar refractivity (Wildman–Crippen MR) is 78.6 cm³/mol. The summed E-state index contributed by atoms with van der Waals surface area (Å²) >= 11 is 3.50. The molecule has 2 heteroatoms. The molecular weight excluding hydrogens is 288 g/mol. The molecule has 0 aliphatic heterocycles. The molecule has 0 aliphatic carbocycles. The van der Waals surface area contributed by atoms with Crippen molar-refractivity contribution in [3.05, 3.63) is 69.7 Å². The zero-order valence-electron chi connectivity index (χ0n) is 10.7. The van der Waals surface area contributed by atoms with Gasteiger partial charge in [-0.1, -0.05) is 58.4 Å². The van der Waals surface area contributed by atoms with E-state index in [1.54, 1.807) is 0 Å². The Bertz CT molecular complexity index is 546. The lowest BCUT2D eigenvalue weighted by molar-refractivity contribution is 0.0567. The largest absolute Gasteiger partial charge is 0.385 e. The second kappa shape index (κ2) is 5.25. The van der Waals surface area contributed by atoms with Crippen molar-refractivity contribution in [3.8, 4) is 0 Å². The highest BCUT2D eigenvalue weighted by Gasteiger charge is 2.26. The van der Waals surface area contributed by atoms with Crippen molar-refractivity contribution < 1.29 is 5.11 Å². The van der Waals surface area contributed by atoms with Gasteiger partial charge in [0.25, 0.3) is 0 Å². The van der Waals surface area contributed by atoms with Crippen LogP contribution in [0.15, 0.2) is 53.0 Å². The van der Waals surface area contributed by atoms with Crippen LogP contribution in [0.4, 0.5) is 0 Å². The van der Waals surface area contributed by atoms with Crippen molar-refractivity contribution in [3.63, 3.8) is 0 Å². The SMILES string of the molecule is Cc1ccccc1CC(C)(O)c1ccccc1Br. The van der Waals surface area contributed by atoms with Crippen LogP contribution in [0.25, 0.3) is 0 Å². The van der Waals surface area contributed by atoms with Gasteiger partial charge in [0.05, 0.1) is 5.60 Å². The van der Waals surface area contributed by atoms with E-state index in [2.05, 4.69) is 35.0 Å². The predicted octanol–water partition coefficient (Wildman–Crippen LogP) is 4.21. The van der Waals surface area contributed by atoms with Gasteiger partial charge in [-0.05, 0) is 36.6 Å². The number of rotatable bonds is 3. The molecule has 0 radical (unpaired) electrons. The number of hydrogen-bond acceptors (Lipinski definition) is 1. The molecule has 2 rings (SSSR count). The smallest absolute Gasteiger partial charge is 0.0919 e. The van der Waals surface area contributed by atoms with E-state index in [9.17, 15) is 5.11 Å². The lowest BCUT2D eigenvalue weighted by atomic mass is 9.87. The van der Waals surface area contributed by atoms with E-state index in [-0.39, 0.29) is 0 Å². The van der Waals surface area contributed by atoms with Crippen molar-refractivity contribution in [1.29, 1.82) is 0 Å². The second-order valence-corrected chi connectivity index (χ2v) is 5.71. The lowest BCUT2D eigenvalue weighted by Gasteiger charge is -2.26. The van der Waals surface area contributed by atoms with Gasteiger partial charge in [-0.3, -0.25) is 0 Å². The van der Waals surface area contributed by atoms with Crippen LogP contribution in [-0.2, 0) is 12.0 Å². The Labute approximate surface area is 117 Å². The molecule has 0 fully saturated rings. The number of aryl methyl sites for hydroxylation is 1. The Balaban J connectivity index is 2.33. The molecule has 1 N–H and O–H groups in total. The average molecular weight is 305 g/mol. The topological polar surface area (TPSA) is 20.2 Å². The molecule has 2 aromatic rings. The first-order valence-electron chi connectivity index (χ1n) is 6.02. The van der Waals surface area contributed by atoms with Crippen LogP contribution in [0.1, 0.15) is 23.6 Å². The Morgan fingerprint density at radius 2 is 1.67 bits per heavy atom. The molecular formula is C16H17BrO. The Kier molecular flexibility index (Phi) is 3.88. The van der Waals surface area contributed by atoms with Crippen LogP contribution < -0.4 is 0 Å². The van der Waals surface area contributed by atoms with Crippen molar-refractivity contribution >= 4 is 15.9 Å². The standard InChI is InChI=1S/C16H17BrO/c1-12-7-3-4-8-13(12)11-16(2,18)14-9-5-6-10-15(14)17/h3-10,18H,11H2,1-2H3. The van der Waals surface area contributed by atoms with E-state index >= 15 is 0 Å². The Morgan fingerprint density at radius 3 is 2.33 bits per heavy atom. The lowest BCUT2D eigenvalue weighted by Crippen LogP contribution is -2.25. The van der Waals surface area contributed by atoms with Crippen molar-refractivity contribution in [1.82, 2.24) is 0 Å². The molecule has 0 bridgehead atoms. The molecule has 0 aliphatic rings. The molecule has 1 atom stereocenters. The van der Waals surface area contributed by atoms with E-state index < -0.39 is 5.60 Å². The fraction of sp³-hybridized carbons (Fsp3) is 0.250. The summed E-state index contributed by atoms with van der Waals surface area (Å²) in [4.78, 5) is 0. The van der Waals surface area contributed by atoms with Gasteiger partial charge in [0.2, 0.25) is 0 Å². The first kappa shape index (κ1) is 13.3. The third-order valence-electron chi connectivity index (χ3n) is 3.25. The summed E-state index contributed by atoms with van der Waals surface area (Å²) in [6.07, 6.45) is 0.613. The molecule has 1 nitrogen and oxygen atoms in total. The zero-order chi connectivity index (χ0) is 13.2. The van der Waals surface area contributed by atoms with Crippen LogP contribution in [0.2, 0.25) is 0 Å². The fourth-order valence-corrected chi connectivity index (χ4v) is 2.88. The number of benzene rings is 2. The number of hydrogen-bond donors (Lipinski definition) is 1. The van der Waals surface area contributed by atoms with Crippen LogP contribution in [-0.4, -0.2) is 5.11 Å². The highest BCUT2D eigenvalue weighted by Crippen LogP contribution is 2.31. The minimum absolute atomic E-state index is 0.613. The van der Waals surface area contributed by atoms with Gasteiger partial charge in [-0.2, -0.15) is 0 Å². The summed E-state index contributed by atoms with van der Waals surface area (Å²) in [6, 6.07) is 16.0. The molecule has 2 aromatic carbocycles. The highest BCUT2D eigenvalue weighted by atomic mass is 79.9. The van der Waals surface area contributed by atoms with Crippen molar-refractivity contribution in [2.75, 3.05) is 0 Å². The molecule has 0 saturated carbocycles.